The number of amides is 1. The lowest BCUT2D eigenvalue weighted by molar-refractivity contribution is 0.0955. The molecule has 0 aliphatic rings. The van der Waals surface area contributed by atoms with Crippen LogP contribution in [0.25, 0.3) is 0 Å². The first-order valence-corrected chi connectivity index (χ1v) is 11.9. The number of sulfonamides is 2. The number of methoxy groups -OCH3 is 1. The third kappa shape index (κ3) is 4.91. The highest BCUT2D eigenvalue weighted by Gasteiger charge is 2.24. The van der Waals surface area contributed by atoms with Gasteiger partial charge in [0.05, 0.1) is 17.7 Å². The molecule has 1 amide bonds. The van der Waals surface area contributed by atoms with E-state index < -0.39 is 26.0 Å². The molecule has 30 heavy (non-hydrogen) atoms. The smallest absolute Gasteiger partial charge is 0.265 e. The molecule has 0 aromatic heterocycles. The SMILES string of the molecule is CCNC(=O)c1ccc(OC)c(S(=O)(=O)Nc2cc(S(=O)(=O)N(C)C)ccc2C)c1. The lowest BCUT2D eigenvalue weighted by Gasteiger charge is -2.16. The molecule has 0 heterocycles. The van der Waals surface area contributed by atoms with Crippen molar-refractivity contribution < 1.29 is 26.4 Å². The lowest BCUT2D eigenvalue weighted by Crippen LogP contribution is -2.24. The summed E-state index contributed by atoms with van der Waals surface area (Å²) in [5.41, 5.74) is 0.775. The van der Waals surface area contributed by atoms with E-state index in [9.17, 15) is 21.6 Å². The predicted octanol–water partition coefficient (Wildman–Crippen LogP) is 1.80. The number of rotatable bonds is 8. The summed E-state index contributed by atoms with van der Waals surface area (Å²) in [4.78, 5) is 11.8. The Morgan fingerprint density at radius 2 is 1.73 bits per heavy atom. The molecule has 0 unspecified atom stereocenters. The van der Waals surface area contributed by atoms with Crippen molar-refractivity contribution in [3.63, 3.8) is 0 Å². The maximum atomic E-state index is 13.1. The molecule has 0 saturated heterocycles. The van der Waals surface area contributed by atoms with Gasteiger partial charge in [-0.25, -0.2) is 21.1 Å². The third-order valence-electron chi connectivity index (χ3n) is 4.28. The van der Waals surface area contributed by atoms with Gasteiger partial charge in [-0.1, -0.05) is 6.07 Å². The van der Waals surface area contributed by atoms with E-state index in [4.69, 9.17) is 4.74 Å². The van der Waals surface area contributed by atoms with Gasteiger partial charge in [0.2, 0.25) is 10.0 Å². The molecule has 11 heteroatoms. The van der Waals surface area contributed by atoms with E-state index in [1.807, 2.05) is 0 Å². The Balaban J connectivity index is 2.54. The minimum atomic E-state index is -4.20. The summed E-state index contributed by atoms with van der Waals surface area (Å²) in [5.74, 6) is -0.378. The fourth-order valence-corrected chi connectivity index (χ4v) is 4.82. The summed E-state index contributed by atoms with van der Waals surface area (Å²) in [6.45, 7) is 3.78. The van der Waals surface area contributed by atoms with Gasteiger partial charge < -0.3 is 10.1 Å². The van der Waals surface area contributed by atoms with E-state index in [2.05, 4.69) is 10.0 Å². The second kappa shape index (κ2) is 9.02. The van der Waals surface area contributed by atoms with Gasteiger partial charge in [-0.15, -0.1) is 0 Å². The average Bonchev–Trinajstić information content (AvgIpc) is 2.68. The fourth-order valence-electron chi connectivity index (χ4n) is 2.57. The van der Waals surface area contributed by atoms with Gasteiger partial charge in [0.25, 0.3) is 15.9 Å². The van der Waals surface area contributed by atoms with Crippen molar-refractivity contribution in [1.29, 1.82) is 0 Å². The summed E-state index contributed by atoms with van der Waals surface area (Å²) >= 11 is 0. The van der Waals surface area contributed by atoms with Gasteiger partial charge >= 0.3 is 0 Å². The van der Waals surface area contributed by atoms with Crippen LogP contribution in [0.3, 0.4) is 0 Å². The molecule has 0 spiro atoms. The van der Waals surface area contributed by atoms with Crippen LogP contribution in [0.4, 0.5) is 5.69 Å². The van der Waals surface area contributed by atoms with Crippen LogP contribution >= 0.6 is 0 Å². The normalized spacial score (nSPS) is 11.9. The highest BCUT2D eigenvalue weighted by atomic mass is 32.2. The number of nitrogens with zero attached hydrogens (tertiary/aromatic N) is 1. The highest BCUT2D eigenvalue weighted by Crippen LogP contribution is 2.29. The fraction of sp³-hybridized carbons (Fsp3) is 0.316. The lowest BCUT2D eigenvalue weighted by atomic mass is 10.2. The second-order valence-corrected chi connectivity index (χ2v) is 10.4. The van der Waals surface area contributed by atoms with Gasteiger partial charge in [0.1, 0.15) is 10.6 Å². The number of aryl methyl sites for hydroxylation is 1. The van der Waals surface area contributed by atoms with Crippen molar-refractivity contribution in [1.82, 2.24) is 9.62 Å². The van der Waals surface area contributed by atoms with Crippen LogP contribution in [0, 0.1) is 6.92 Å². The molecule has 0 aliphatic carbocycles. The standard InChI is InChI=1S/C19H25N3O6S2/c1-6-20-19(23)14-8-10-17(28-5)18(11-14)29(24,25)21-16-12-15(9-7-13(16)2)30(26,27)22(3)4/h7-12,21H,6H2,1-5H3,(H,20,23). The van der Waals surface area contributed by atoms with E-state index >= 15 is 0 Å². The van der Waals surface area contributed by atoms with Crippen molar-refractivity contribution >= 4 is 31.6 Å². The molecular weight excluding hydrogens is 430 g/mol. The molecule has 164 valence electrons. The van der Waals surface area contributed by atoms with Crippen LogP contribution in [0.2, 0.25) is 0 Å². The summed E-state index contributed by atoms with van der Waals surface area (Å²) in [6.07, 6.45) is 0. The second-order valence-electron chi connectivity index (χ2n) is 6.59. The molecule has 2 aromatic rings. The maximum absolute atomic E-state index is 13.1. The Labute approximate surface area is 177 Å². The number of benzene rings is 2. The Hall–Kier alpha value is -2.63. The molecule has 2 rings (SSSR count). The van der Waals surface area contributed by atoms with Gasteiger partial charge in [0, 0.05) is 26.2 Å². The summed E-state index contributed by atoms with van der Waals surface area (Å²) in [5, 5.41) is 2.61. The largest absolute Gasteiger partial charge is 0.495 e. The molecule has 0 fully saturated rings. The summed E-state index contributed by atoms with van der Waals surface area (Å²) < 4.78 is 59.5. The molecule has 9 nitrogen and oxygen atoms in total. The zero-order valence-electron chi connectivity index (χ0n) is 17.4. The van der Waals surface area contributed by atoms with Crippen molar-refractivity contribution in [2.45, 2.75) is 23.6 Å². The van der Waals surface area contributed by atoms with Crippen LogP contribution in [0.1, 0.15) is 22.8 Å². The minimum Gasteiger partial charge on any atom is -0.495 e. The van der Waals surface area contributed by atoms with Gasteiger partial charge in [-0.2, -0.15) is 0 Å². The maximum Gasteiger partial charge on any atom is 0.265 e. The summed E-state index contributed by atoms with van der Waals surface area (Å²) in [7, 11) is -3.86. The van der Waals surface area contributed by atoms with Crippen molar-refractivity contribution in [2.24, 2.45) is 0 Å². The molecule has 2 N–H and O–H groups in total. The Kier molecular flexibility index (Phi) is 7.11. The zero-order valence-corrected chi connectivity index (χ0v) is 19.0. The number of anilines is 1. The number of nitrogens with one attached hydrogen (secondary N) is 2. The van der Waals surface area contributed by atoms with Gasteiger partial charge in [-0.05, 0) is 49.7 Å². The number of carbonyl (C=O) groups is 1. The zero-order chi connectivity index (χ0) is 22.7. The van der Waals surface area contributed by atoms with Crippen molar-refractivity contribution in [3.05, 3.63) is 47.5 Å². The van der Waals surface area contributed by atoms with Crippen LogP contribution in [0.5, 0.6) is 5.75 Å². The number of hydrogen-bond donors (Lipinski definition) is 2. The quantitative estimate of drug-likeness (QED) is 0.626. The van der Waals surface area contributed by atoms with E-state index in [1.54, 1.807) is 13.8 Å². The minimum absolute atomic E-state index is 0.0465. The van der Waals surface area contributed by atoms with Crippen LogP contribution < -0.4 is 14.8 Å². The molecule has 2 aromatic carbocycles. The van der Waals surface area contributed by atoms with E-state index in [0.717, 1.165) is 4.31 Å². The van der Waals surface area contributed by atoms with E-state index in [-0.39, 0.29) is 26.8 Å². The first kappa shape index (κ1) is 23.6. The first-order valence-electron chi connectivity index (χ1n) is 8.96. The molecule has 0 saturated carbocycles. The topological polar surface area (TPSA) is 122 Å². The highest BCUT2D eigenvalue weighted by molar-refractivity contribution is 7.92. The number of hydrogen-bond acceptors (Lipinski definition) is 6. The van der Waals surface area contributed by atoms with Crippen LogP contribution in [-0.2, 0) is 20.0 Å². The van der Waals surface area contributed by atoms with Gasteiger partial charge in [0.15, 0.2) is 0 Å². The molecule has 0 atom stereocenters. The predicted molar refractivity (Wildman–Crippen MR) is 114 cm³/mol. The van der Waals surface area contributed by atoms with Crippen LogP contribution in [0.15, 0.2) is 46.2 Å². The number of carbonyl (C=O) groups excluding carboxylic acids is 1. The molecular formula is C19H25N3O6S2. The van der Waals surface area contributed by atoms with Crippen molar-refractivity contribution in [2.75, 3.05) is 32.5 Å². The average molecular weight is 456 g/mol. The monoisotopic (exact) mass is 455 g/mol. The summed E-state index contributed by atoms with van der Waals surface area (Å²) in [6, 6.07) is 8.22. The molecule has 0 radical (unpaired) electrons. The first-order chi connectivity index (χ1) is 13.9. The Morgan fingerprint density at radius 3 is 2.30 bits per heavy atom. The van der Waals surface area contributed by atoms with E-state index in [1.165, 1.54) is 57.6 Å². The number of ether oxygens (including phenoxy) is 1. The van der Waals surface area contributed by atoms with Gasteiger partial charge in [-0.3, -0.25) is 9.52 Å². The van der Waals surface area contributed by atoms with E-state index in [0.29, 0.717) is 12.1 Å². The van der Waals surface area contributed by atoms with Crippen LogP contribution in [-0.4, -0.2) is 54.8 Å². The molecule has 0 aliphatic heterocycles. The Morgan fingerprint density at radius 1 is 1.07 bits per heavy atom. The van der Waals surface area contributed by atoms with Crippen molar-refractivity contribution in [3.8, 4) is 5.75 Å². The molecule has 0 bridgehead atoms. The Bertz CT molecular complexity index is 1160. The third-order valence-corrected chi connectivity index (χ3v) is 7.48.